The third-order valence-electron chi connectivity index (χ3n) is 3.22. The number of carbonyl (C=O) groups is 1. The molecule has 3 nitrogen and oxygen atoms in total. The highest BCUT2D eigenvalue weighted by Gasteiger charge is 2.13. The fraction of sp³-hybridized carbons (Fsp3) is 0.188. The average molecular weight is 359 g/mol. The first-order valence-corrected chi connectivity index (χ1v) is 7.55. The summed E-state index contributed by atoms with van der Waals surface area (Å²) in [6.45, 7) is 1.62. The van der Waals surface area contributed by atoms with Crippen molar-refractivity contribution in [1.29, 1.82) is 0 Å². The van der Waals surface area contributed by atoms with Crippen LogP contribution in [0.25, 0.3) is 0 Å². The zero-order valence-corrected chi connectivity index (χ0v) is 13.7. The Kier molecular flexibility index (Phi) is 5.80. The van der Waals surface area contributed by atoms with E-state index in [9.17, 15) is 13.6 Å². The highest BCUT2D eigenvalue weighted by atomic mass is 35.5. The van der Waals surface area contributed by atoms with Crippen LogP contribution in [0, 0.1) is 11.6 Å². The molecule has 2 amide bonds. The molecule has 0 bridgehead atoms. The van der Waals surface area contributed by atoms with Gasteiger partial charge in [-0.3, -0.25) is 0 Å². The Morgan fingerprint density at radius 1 is 1.17 bits per heavy atom. The summed E-state index contributed by atoms with van der Waals surface area (Å²) in [5.41, 5.74) is 0.764. The van der Waals surface area contributed by atoms with Crippen LogP contribution < -0.4 is 10.6 Å². The molecule has 0 spiro atoms. The average Bonchev–Trinajstić information content (AvgIpc) is 2.48. The summed E-state index contributed by atoms with van der Waals surface area (Å²) in [6.07, 6.45) is 0. The number of urea groups is 1. The minimum Gasteiger partial charge on any atom is -0.334 e. The van der Waals surface area contributed by atoms with Crippen LogP contribution in [0.3, 0.4) is 0 Å². The van der Waals surface area contributed by atoms with Crippen molar-refractivity contribution >= 4 is 29.2 Å². The smallest absolute Gasteiger partial charge is 0.315 e. The van der Waals surface area contributed by atoms with Crippen LogP contribution in [0.4, 0.5) is 13.6 Å². The Labute approximate surface area is 142 Å². The monoisotopic (exact) mass is 358 g/mol. The van der Waals surface area contributed by atoms with Gasteiger partial charge in [0.15, 0.2) is 0 Å². The van der Waals surface area contributed by atoms with Crippen LogP contribution in [0.15, 0.2) is 36.4 Å². The fourth-order valence-corrected chi connectivity index (χ4v) is 2.60. The van der Waals surface area contributed by atoms with Crippen LogP contribution in [0.5, 0.6) is 0 Å². The van der Waals surface area contributed by atoms with E-state index in [1.807, 2.05) is 0 Å². The molecule has 0 aliphatic rings. The highest BCUT2D eigenvalue weighted by molar-refractivity contribution is 6.35. The summed E-state index contributed by atoms with van der Waals surface area (Å²) in [7, 11) is 0. The molecule has 0 aliphatic heterocycles. The summed E-state index contributed by atoms with van der Waals surface area (Å²) in [6, 6.07) is 7.13. The molecule has 0 heterocycles. The summed E-state index contributed by atoms with van der Waals surface area (Å²) in [5.74, 6) is -1.15. The van der Waals surface area contributed by atoms with Crippen LogP contribution in [0.2, 0.25) is 10.0 Å². The summed E-state index contributed by atoms with van der Waals surface area (Å²) >= 11 is 11.9. The molecule has 2 aromatic carbocycles. The lowest BCUT2D eigenvalue weighted by Crippen LogP contribution is -2.36. The van der Waals surface area contributed by atoms with Crippen LogP contribution >= 0.6 is 23.2 Å². The Morgan fingerprint density at radius 3 is 2.61 bits per heavy atom. The predicted octanol–water partition coefficient (Wildman–Crippen LogP) is 4.83. The molecule has 1 unspecified atom stereocenters. The molecule has 7 heteroatoms. The molecule has 23 heavy (non-hydrogen) atoms. The van der Waals surface area contributed by atoms with Crippen molar-refractivity contribution in [3.63, 3.8) is 0 Å². The van der Waals surface area contributed by atoms with Gasteiger partial charge in [0.1, 0.15) is 11.6 Å². The number of hydrogen-bond donors (Lipinski definition) is 2. The number of halogens is 4. The van der Waals surface area contributed by atoms with Gasteiger partial charge in [-0.25, -0.2) is 13.6 Å². The Morgan fingerprint density at radius 2 is 1.91 bits per heavy atom. The maximum Gasteiger partial charge on any atom is 0.315 e. The number of benzene rings is 2. The lowest BCUT2D eigenvalue weighted by Gasteiger charge is -2.16. The zero-order chi connectivity index (χ0) is 17.0. The van der Waals surface area contributed by atoms with Crippen LogP contribution in [-0.2, 0) is 6.54 Å². The maximum absolute atomic E-state index is 13.5. The largest absolute Gasteiger partial charge is 0.334 e. The summed E-state index contributed by atoms with van der Waals surface area (Å²) in [5, 5.41) is 6.07. The maximum atomic E-state index is 13.5. The molecule has 0 saturated carbocycles. The van der Waals surface area contributed by atoms with Gasteiger partial charge in [0, 0.05) is 22.2 Å². The van der Waals surface area contributed by atoms with E-state index in [1.165, 1.54) is 0 Å². The first-order chi connectivity index (χ1) is 10.9. The molecule has 0 radical (unpaired) electrons. The van der Waals surface area contributed by atoms with Crippen molar-refractivity contribution in [2.75, 3.05) is 0 Å². The van der Waals surface area contributed by atoms with Crippen LogP contribution in [-0.4, -0.2) is 6.03 Å². The molecule has 0 aliphatic carbocycles. The van der Waals surface area contributed by atoms with Gasteiger partial charge < -0.3 is 10.6 Å². The highest BCUT2D eigenvalue weighted by Crippen LogP contribution is 2.25. The lowest BCUT2D eigenvalue weighted by atomic mass is 10.1. The van der Waals surface area contributed by atoms with Gasteiger partial charge >= 0.3 is 6.03 Å². The number of rotatable bonds is 4. The van der Waals surface area contributed by atoms with Gasteiger partial charge in [-0.05, 0) is 42.8 Å². The number of amides is 2. The van der Waals surface area contributed by atoms with E-state index in [1.54, 1.807) is 25.1 Å². The van der Waals surface area contributed by atoms with Crippen molar-refractivity contribution in [2.24, 2.45) is 0 Å². The van der Waals surface area contributed by atoms with E-state index in [4.69, 9.17) is 23.2 Å². The first kappa shape index (κ1) is 17.5. The molecule has 0 fully saturated rings. The minimum absolute atomic E-state index is 0.0670. The standard InChI is InChI=1S/C16H14Cl2F2N2O/c1-9(13-4-2-11(17)7-14(13)18)22-16(23)21-8-10-6-12(19)3-5-15(10)20/h2-7,9H,8H2,1H3,(H2,21,22,23). The van der Waals surface area contributed by atoms with Crippen molar-refractivity contribution in [2.45, 2.75) is 19.5 Å². The Hall–Kier alpha value is -1.85. The number of carbonyl (C=O) groups excluding carboxylic acids is 1. The minimum atomic E-state index is -0.583. The van der Waals surface area contributed by atoms with Gasteiger partial charge in [0.2, 0.25) is 0 Å². The lowest BCUT2D eigenvalue weighted by molar-refractivity contribution is 0.237. The summed E-state index contributed by atoms with van der Waals surface area (Å²) in [4.78, 5) is 11.9. The van der Waals surface area contributed by atoms with Crippen molar-refractivity contribution in [3.05, 3.63) is 69.2 Å². The third kappa shape index (κ3) is 4.81. The van der Waals surface area contributed by atoms with Crippen molar-refractivity contribution in [1.82, 2.24) is 10.6 Å². The van der Waals surface area contributed by atoms with Gasteiger partial charge in [0.05, 0.1) is 6.04 Å². The molecule has 2 N–H and O–H groups in total. The summed E-state index contributed by atoms with van der Waals surface area (Å²) < 4.78 is 26.5. The molecular formula is C16H14Cl2F2N2O. The SMILES string of the molecule is CC(NC(=O)NCc1cc(F)ccc1F)c1ccc(Cl)cc1Cl. The molecule has 1 atom stereocenters. The van der Waals surface area contributed by atoms with Gasteiger partial charge in [0.25, 0.3) is 0 Å². The normalized spacial score (nSPS) is 11.9. The first-order valence-electron chi connectivity index (χ1n) is 6.80. The molecule has 0 aromatic heterocycles. The third-order valence-corrected chi connectivity index (χ3v) is 3.79. The molecule has 2 aromatic rings. The zero-order valence-electron chi connectivity index (χ0n) is 12.2. The second-order valence-corrected chi connectivity index (χ2v) is 5.79. The van der Waals surface area contributed by atoms with Gasteiger partial charge in [-0.15, -0.1) is 0 Å². The predicted molar refractivity (Wildman–Crippen MR) is 86.6 cm³/mol. The number of nitrogens with one attached hydrogen (secondary N) is 2. The number of hydrogen-bond acceptors (Lipinski definition) is 1. The fourth-order valence-electron chi connectivity index (χ4n) is 2.03. The van der Waals surface area contributed by atoms with E-state index in [0.717, 1.165) is 18.2 Å². The van der Waals surface area contributed by atoms with Gasteiger partial charge in [-0.2, -0.15) is 0 Å². The van der Waals surface area contributed by atoms with E-state index in [-0.39, 0.29) is 18.2 Å². The second-order valence-electron chi connectivity index (χ2n) is 4.95. The topological polar surface area (TPSA) is 41.1 Å². The van der Waals surface area contributed by atoms with E-state index in [0.29, 0.717) is 15.6 Å². The van der Waals surface area contributed by atoms with Gasteiger partial charge in [-0.1, -0.05) is 29.3 Å². The molecule has 2 rings (SSSR count). The Bertz CT molecular complexity index is 725. The van der Waals surface area contributed by atoms with E-state index >= 15 is 0 Å². The molecular weight excluding hydrogens is 345 g/mol. The van der Waals surface area contributed by atoms with Crippen LogP contribution in [0.1, 0.15) is 24.1 Å². The molecule has 0 saturated heterocycles. The quantitative estimate of drug-likeness (QED) is 0.807. The van der Waals surface area contributed by atoms with Crippen molar-refractivity contribution in [3.8, 4) is 0 Å². The van der Waals surface area contributed by atoms with E-state index < -0.39 is 17.7 Å². The molecule has 122 valence electrons. The van der Waals surface area contributed by atoms with E-state index in [2.05, 4.69) is 10.6 Å². The van der Waals surface area contributed by atoms with Crippen molar-refractivity contribution < 1.29 is 13.6 Å². The Balaban J connectivity index is 1.95. The second kappa shape index (κ2) is 7.62.